The van der Waals surface area contributed by atoms with E-state index in [4.69, 9.17) is 21.1 Å². The van der Waals surface area contributed by atoms with E-state index in [2.05, 4.69) is 0 Å². The Morgan fingerprint density at radius 3 is 2.39 bits per heavy atom. The highest BCUT2D eigenvalue weighted by Crippen LogP contribution is 2.35. The molecular formula is C26H22ClNO4S. The van der Waals surface area contributed by atoms with Crippen molar-refractivity contribution in [3.05, 3.63) is 99.4 Å². The second-order valence-corrected chi connectivity index (χ2v) is 8.74. The average Bonchev–Trinajstić information content (AvgIpc) is 3.08. The number of benzene rings is 3. The Kier molecular flexibility index (Phi) is 7.37. The van der Waals surface area contributed by atoms with Crippen molar-refractivity contribution >= 4 is 40.6 Å². The second-order valence-electron chi connectivity index (χ2n) is 7.31. The molecule has 0 spiro atoms. The SMILES string of the molecule is CCOc1cc(/C=C2/SC(=O)N(Cc3ccccc3)C2=O)ccc1OCc1ccc(Cl)cc1. The zero-order valence-corrected chi connectivity index (χ0v) is 19.6. The number of thioether (sulfide) groups is 1. The number of hydrogen-bond acceptors (Lipinski definition) is 5. The maximum atomic E-state index is 12.8. The van der Waals surface area contributed by atoms with Crippen LogP contribution >= 0.6 is 23.4 Å². The lowest BCUT2D eigenvalue weighted by Crippen LogP contribution is -2.27. The summed E-state index contributed by atoms with van der Waals surface area (Å²) in [5.41, 5.74) is 2.64. The summed E-state index contributed by atoms with van der Waals surface area (Å²) in [6.07, 6.45) is 1.71. The number of hydrogen-bond donors (Lipinski definition) is 0. The fraction of sp³-hybridized carbons (Fsp3) is 0.154. The highest BCUT2D eigenvalue weighted by molar-refractivity contribution is 8.18. The number of amides is 2. The number of nitrogens with zero attached hydrogens (tertiary/aromatic N) is 1. The number of halogens is 1. The van der Waals surface area contributed by atoms with Crippen LogP contribution in [0.5, 0.6) is 11.5 Å². The van der Waals surface area contributed by atoms with E-state index in [9.17, 15) is 9.59 Å². The molecule has 1 heterocycles. The predicted molar refractivity (Wildman–Crippen MR) is 131 cm³/mol. The van der Waals surface area contributed by atoms with Gasteiger partial charge in [0.25, 0.3) is 11.1 Å². The second kappa shape index (κ2) is 10.6. The van der Waals surface area contributed by atoms with Crippen LogP contribution in [0.25, 0.3) is 6.08 Å². The molecule has 0 atom stereocenters. The van der Waals surface area contributed by atoms with E-state index >= 15 is 0 Å². The Morgan fingerprint density at radius 2 is 1.67 bits per heavy atom. The topological polar surface area (TPSA) is 55.8 Å². The summed E-state index contributed by atoms with van der Waals surface area (Å²) in [6, 6.07) is 22.4. The van der Waals surface area contributed by atoms with Crippen LogP contribution in [0.1, 0.15) is 23.6 Å². The van der Waals surface area contributed by atoms with E-state index in [0.29, 0.717) is 34.6 Å². The Morgan fingerprint density at radius 1 is 0.909 bits per heavy atom. The lowest BCUT2D eigenvalue weighted by molar-refractivity contribution is -0.123. The number of imide groups is 1. The highest BCUT2D eigenvalue weighted by atomic mass is 35.5. The minimum Gasteiger partial charge on any atom is -0.490 e. The van der Waals surface area contributed by atoms with Gasteiger partial charge in [0, 0.05) is 5.02 Å². The number of rotatable bonds is 8. The van der Waals surface area contributed by atoms with Gasteiger partial charge in [0.2, 0.25) is 0 Å². The van der Waals surface area contributed by atoms with E-state index in [1.807, 2.05) is 73.7 Å². The summed E-state index contributed by atoms with van der Waals surface area (Å²) in [4.78, 5) is 26.9. The van der Waals surface area contributed by atoms with Crippen molar-refractivity contribution in [3.63, 3.8) is 0 Å². The molecule has 0 N–H and O–H groups in total. The Balaban J connectivity index is 1.50. The van der Waals surface area contributed by atoms with Gasteiger partial charge in [0.1, 0.15) is 6.61 Å². The van der Waals surface area contributed by atoms with Crippen molar-refractivity contribution in [2.75, 3.05) is 6.61 Å². The van der Waals surface area contributed by atoms with Crippen molar-refractivity contribution in [2.45, 2.75) is 20.1 Å². The van der Waals surface area contributed by atoms with Gasteiger partial charge in [-0.25, -0.2) is 0 Å². The first-order valence-corrected chi connectivity index (χ1v) is 11.7. The molecule has 1 saturated heterocycles. The first-order valence-electron chi connectivity index (χ1n) is 10.5. The quantitative estimate of drug-likeness (QED) is 0.343. The Hall–Kier alpha value is -3.22. The van der Waals surface area contributed by atoms with Gasteiger partial charge >= 0.3 is 0 Å². The van der Waals surface area contributed by atoms with E-state index in [1.165, 1.54) is 4.90 Å². The van der Waals surface area contributed by atoms with E-state index in [-0.39, 0.29) is 17.7 Å². The van der Waals surface area contributed by atoms with Crippen LogP contribution in [0.4, 0.5) is 4.79 Å². The van der Waals surface area contributed by atoms with Crippen molar-refractivity contribution < 1.29 is 19.1 Å². The molecule has 0 aromatic heterocycles. The van der Waals surface area contributed by atoms with Crippen molar-refractivity contribution in [1.29, 1.82) is 0 Å². The molecule has 0 radical (unpaired) electrons. The molecule has 3 aromatic rings. The largest absolute Gasteiger partial charge is 0.490 e. The fourth-order valence-electron chi connectivity index (χ4n) is 3.30. The number of carbonyl (C=O) groups is 2. The molecule has 0 bridgehead atoms. The van der Waals surface area contributed by atoms with Gasteiger partial charge in [-0.3, -0.25) is 14.5 Å². The minimum absolute atomic E-state index is 0.254. The van der Waals surface area contributed by atoms with Crippen LogP contribution in [0.15, 0.2) is 77.7 Å². The smallest absolute Gasteiger partial charge is 0.293 e. The third-order valence-corrected chi connectivity index (χ3v) is 6.09. The molecule has 0 aliphatic carbocycles. The van der Waals surface area contributed by atoms with E-state index in [0.717, 1.165) is 28.5 Å². The van der Waals surface area contributed by atoms with Gasteiger partial charge in [-0.15, -0.1) is 0 Å². The van der Waals surface area contributed by atoms with Crippen LogP contribution in [-0.2, 0) is 17.9 Å². The van der Waals surface area contributed by atoms with Crippen molar-refractivity contribution in [3.8, 4) is 11.5 Å². The van der Waals surface area contributed by atoms with Gasteiger partial charge in [-0.2, -0.15) is 0 Å². The molecule has 2 amide bonds. The van der Waals surface area contributed by atoms with Crippen LogP contribution in [0.2, 0.25) is 5.02 Å². The summed E-state index contributed by atoms with van der Waals surface area (Å²) < 4.78 is 11.7. The first kappa shape index (κ1) is 23.0. The van der Waals surface area contributed by atoms with Gasteiger partial charge in [0.05, 0.1) is 18.1 Å². The summed E-state index contributed by atoms with van der Waals surface area (Å²) in [5.74, 6) is 0.875. The van der Waals surface area contributed by atoms with Gasteiger partial charge in [-0.1, -0.05) is 60.1 Å². The van der Waals surface area contributed by atoms with Gasteiger partial charge < -0.3 is 9.47 Å². The average molecular weight is 480 g/mol. The molecule has 0 unspecified atom stereocenters. The van der Waals surface area contributed by atoms with Gasteiger partial charge in [0.15, 0.2) is 11.5 Å². The first-order chi connectivity index (χ1) is 16.0. The van der Waals surface area contributed by atoms with Crippen LogP contribution in [-0.4, -0.2) is 22.7 Å². The molecule has 1 aliphatic heterocycles. The summed E-state index contributed by atoms with van der Waals surface area (Å²) >= 11 is 6.88. The molecule has 168 valence electrons. The number of carbonyl (C=O) groups excluding carboxylic acids is 2. The number of ether oxygens (including phenoxy) is 2. The summed E-state index contributed by atoms with van der Waals surface area (Å²) in [5, 5.41) is 0.398. The maximum Gasteiger partial charge on any atom is 0.293 e. The van der Waals surface area contributed by atoms with Crippen LogP contribution in [0.3, 0.4) is 0 Å². The minimum atomic E-state index is -0.296. The van der Waals surface area contributed by atoms with Gasteiger partial charge in [-0.05, 0) is 65.7 Å². The molecule has 1 aliphatic rings. The van der Waals surface area contributed by atoms with Crippen LogP contribution in [0, 0.1) is 0 Å². The molecule has 1 fully saturated rings. The fourth-order valence-corrected chi connectivity index (χ4v) is 4.26. The zero-order valence-electron chi connectivity index (χ0n) is 18.0. The normalized spacial score (nSPS) is 14.7. The molecule has 4 rings (SSSR count). The molecular weight excluding hydrogens is 458 g/mol. The Labute approximate surface area is 202 Å². The lowest BCUT2D eigenvalue weighted by atomic mass is 10.1. The standard InChI is InChI=1S/C26H22ClNO4S/c1-2-31-23-14-20(10-13-22(23)32-17-19-8-11-21(27)12-9-19)15-24-25(29)28(26(30)33-24)16-18-6-4-3-5-7-18/h3-15H,2,16-17H2,1H3/b24-15+. The zero-order chi connectivity index (χ0) is 23.2. The monoisotopic (exact) mass is 479 g/mol. The summed E-state index contributed by atoms with van der Waals surface area (Å²) in [7, 11) is 0. The third-order valence-electron chi connectivity index (χ3n) is 4.93. The van der Waals surface area contributed by atoms with Crippen molar-refractivity contribution in [1.82, 2.24) is 4.90 Å². The van der Waals surface area contributed by atoms with E-state index in [1.54, 1.807) is 12.1 Å². The maximum absolute atomic E-state index is 12.8. The van der Waals surface area contributed by atoms with E-state index < -0.39 is 0 Å². The highest BCUT2D eigenvalue weighted by Gasteiger charge is 2.35. The molecule has 0 saturated carbocycles. The Bertz CT molecular complexity index is 1180. The molecule has 3 aromatic carbocycles. The predicted octanol–water partition coefficient (Wildman–Crippen LogP) is 6.55. The molecule has 5 nitrogen and oxygen atoms in total. The molecule has 33 heavy (non-hydrogen) atoms. The lowest BCUT2D eigenvalue weighted by Gasteiger charge is -2.13. The molecule has 7 heteroatoms. The summed E-state index contributed by atoms with van der Waals surface area (Å²) in [6.45, 7) is 2.98. The third kappa shape index (κ3) is 5.78. The van der Waals surface area contributed by atoms with Crippen LogP contribution < -0.4 is 9.47 Å². The van der Waals surface area contributed by atoms with Crippen molar-refractivity contribution in [2.24, 2.45) is 0 Å².